The second kappa shape index (κ2) is 12.6. The third kappa shape index (κ3) is 6.93. The summed E-state index contributed by atoms with van der Waals surface area (Å²) in [7, 11) is 0. The van der Waals surface area contributed by atoms with Gasteiger partial charge in [0.25, 0.3) is 11.8 Å². The Morgan fingerprint density at radius 1 is 0.912 bits per heavy atom. The van der Waals surface area contributed by atoms with E-state index in [2.05, 4.69) is 36.2 Å². The standard InChI is InChI=1S/C28H33N3O3/c1-3-31(4-2)24(18-21-11-6-5-7-12-21)19-30-28(33)23-14-10-13-22(17-23)20-34-26-16-9-8-15-25(26)27(29)32/h5-17,24H,3-4,18-20H2,1-2H3,(H2,29,32)(H,30,33). The van der Waals surface area contributed by atoms with E-state index in [1.807, 2.05) is 36.4 Å². The summed E-state index contributed by atoms with van der Waals surface area (Å²) in [5, 5.41) is 3.11. The molecule has 178 valence electrons. The number of benzene rings is 3. The van der Waals surface area contributed by atoms with Gasteiger partial charge in [0.15, 0.2) is 0 Å². The predicted molar refractivity (Wildman–Crippen MR) is 135 cm³/mol. The Kier molecular flexibility index (Phi) is 9.23. The summed E-state index contributed by atoms with van der Waals surface area (Å²) < 4.78 is 5.81. The highest BCUT2D eigenvalue weighted by atomic mass is 16.5. The lowest BCUT2D eigenvalue weighted by Crippen LogP contribution is -2.45. The number of nitrogens with one attached hydrogen (secondary N) is 1. The highest BCUT2D eigenvalue weighted by Gasteiger charge is 2.18. The number of para-hydroxylation sites is 1. The molecule has 2 amide bonds. The van der Waals surface area contributed by atoms with Crippen molar-refractivity contribution in [3.8, 4) is 5.75 Å². The van der Waals surface area contributed by atoms with E-state index in [1.54, 1.807) is 30.3 Å². The predicted octanol–water partition coefficient (Wildman–Crippen LogP) is 4.05. The summed E-state index contributed by atoms with van der Waals surface area (Å²) in [6, 6.07) is 24.7. The van der Waals surface area contributed by atoms with Crippen LogP contribution in [-0.2, 0) is 13.0 Å². The molecule has 6 heteroatoms. The smallest absolute Gasteiger partial charge is 0.252 e. The zero-order valence-corrected chi connectivity index (χ0v) is 19.9. The van der Waals surface area contributed by atoms with Gasteiger partial charge >= 0.3 is 0 Å². The lowest BCUT2D eigenvalue weighted by molar-refractivity contribution is 0.0933. The number of hydrogen-bond acceptors (Lipinski definition) is 4. The number of amides is 2. The van der Waals surface area contributed by atoms with Crippen molar-refractivity contribution in [2.75, 3.05) is 19.6 Å². The van der Waals surface area contributed by atoms with Gasteiger partial charge in [-0.2, -0.15) is 0 Å². The number of nitrogens with zero attached hydrogens (tertiary/aromatic N) is 1. The van der Waals surface area contributed by atoms with E-state index in [0.29, 0.717) is 23.4 Å². The number of carbonyl (C=O) groups is 2. The average Bonchev–Trinajstić information content (AvgIpc) is 2.87. The van der Waals surface area contributed by atoms with Crippen molar-refractivity contribution in [3.63, 3.8) is 0 Å². The van der Waals surface area contributed by atoms with E-state index in [-0.39, 0.29) is 18.6 Å². The van der Waals surface area contributed by atoms with Crippen molar-refractivity contribution in [1.29, 1.82) is 0 Å². The zero-order valence-electron chi connectivity index (χ0n) is 19.9. The molecule has 3 aromatic carbocycles. The molecule has 34 heavy (non-hydrogen) atoms. The van der Waals surface area contributed by atoms with Crippen molar-refractivity contribution in [3.05, 3.63) is 101 Å². The highest BCUT2D eigenvalue weighted by Crippen LogP contribution is 2.19. The fourth-order valence-electron chi connectivity index (χ4n) is 4.03. The van der Waals surface area contributed by atoms with E-state index in [4.69, 9.17) is 10.5 Å². The van der Waals surface area contributed by atoms with Crippen LogP contribution >= 0.6 is 0 Å². The fraction of sp³-hybridized carbons (Fsp3) is 0.286. The molecule has 0 fully saturated rings. The Bertz CT molecular complexity index is 1080. The molecular weight excluding hydrogens is 426 g/mol. The molecule has 3 N–H and O–H groups in total. The first-order valence-electron chi connectivity index (χ1n) is 11.7. The maximum Gasteiger partial charge on any atom is 0.252 e. The van der Waals surface area contributed by atoms with Gasteiger partial charge < -0.3 is 15.8 Å². The molecule has 1 unspecified atom stereocenters. The second-order valence-corrected chi connectivity index (χ2v) is 8.12. The van der Waals surface area contributed by atoms with Gasteiger partial charge in [-0.15, -0.1) is 0 Å². The largest absolute Gasteiger partial charge is 0.488 e. The van der Waals surface area contributed by atoms with Crippen LogP contribution in [0.2, 0.25) is 0 Å². The topological polar surface area (TPSA) is 84.7 Å². The summed E-state index contributed by atoms with van der Waals surface area (Å²) in [5.74, 6) is -0.237. The summed E-state index contributed by atoms with van der Waals surface area (Å²) in [6.45, 7) is 6.91. The van der Waals surface area contributed by atoms with Crippen molar-refractivity contribution in [2.24, 2.45) is 5.73 Å². The summed E-state index contributed by atoms with van der Waals surface area (Å²) in [5.41, 5.74) is 8.41. The minimum atomic E-state index is -0.540. The number of ether oxygens (including phenoxy) is 1. The summed E-state index contributed by atoms with van der Waals surface area (Å²) in [4.78, 5) is 26.9. The second-order valence-electron chi connectivity index (χ2n) is 8.12. The van der Waals surface area contributed by atoms with E-state index in [9.17, 15) is 9.59 Å². The molecular formula is C28H33N3O3. The van der Waals surface area contributed by atoms with Gasteiger partial charge in [0.05, 0.1) is 5.56 Å². The first-order chi connectivity index (χ1) is 16.5. The number of likely N-dealkylation sites (N-methyl/N-ethyl adjacent to an activating group) is 1. The normalized spacial score (nSPS) is 11.7. The lowest BCUT2D eigenvalue weighted by atomic mass is 10.0. The van der Waals surface area contributed by atoms with Crippen LogP contribution in [0.15, 0.2) is 78.9 Å². The molecule has 0 aliphatic rings. The molecule has 3 rings (SSSR count). The fourth-order valence-corrected chi connectivity index (χ4v) is 4.03. The number of hydrogen-bond donors (Lipinski definition) is 2. The van der Waals surface area contributed by atoms with Gasteiger partial charge in [-0.25, -0.2) is 0 Å². The molecule has 0 aliphatic heterocycles. The van der Waals surface area contributed by atoms with Gasteiger partial charge in [-0.1, -0.05) is 68.4 Å². The molecule has 3 aromatic rings. The molecule has 0 aromatic heterocycles. The minimum absolute atomic E-state index is 0.121. The molecule has 0 saturated carbocycles. The van der Waals surface area contributed by atoms with E-state index in [1.165, 1.54) is 5.56 Å². The SMILES string of the molecule is CCN(CC)C(CNC(=O)c1cccc(COc2ccccc2C(N)=O)c1)Cc1ccccc1. The molecule has 0 bridgehead atoms. The Labute approximate surface area is 201 Å². The summed E-state index contributed by atoms with van der Waals surface area (Å²) in [6.07, 6.45) is 0.871. The number of rotatable bonds is 12. The van der Waals surface area contributed by atoms with Crippen molar-refractivity contribution in [2.45, 2.75) is 32.9 Å². The van der Waals surface area contributed by atoms with Gasteiger partial charge in [-0.05, 0) is 54.9 Å². The minimum Gasteiger partial charge on any atom is -0.488 e. The van der Waals surface area contributed by atoms with E-state index < -0.39 is 5.91 Å². The maximum atomic E-state index is 12.9. The van der Waals surface area contributed by atoms with Crippen LogP contribution < -0.4 is 15.8 Å². The molecule has 0 spiro atoms. The van der Waals surface area contributed by atoms with Crippen molar-refractivity contribution < 1.29 is 14.3 Å². The lowest BCUT2D eigenvalue weighted by Gasteiger charge is -2.30. The molecule has 0 saturated heterocycles. The Hall–Kier alpha value is -3.64. The first-order valence-corrected chi connectivity index (χ1v) is 11.7. The number of carbonyl (C=O) groups excluding carboxylic acids is 2. The molecule has 6 nitrogen and oxygen atoms in total. The molecule has 0 heterocycles. The van der Waals surface area contributed by atoms with E-state index in [0.717, 1.165) is 25.1 Å². The number of nitrogens with two attached hydrogens (primary N) is 1. The van der Waals surface area contributed by atoms with Crippen LogP contribution in [0.3, 0.4) is 0 Å². The maximum absolute atomic E-state index is 12.9. The van der Waals surface area contributed by atoms with Crippen LogP contribution in [0, 0.1) is 0 Å². The molecule has 0 aliphatic carbocycles. The van der Waals surface area contributed by atoms with Gasteiger partial charge in [0, 0.05) is 18.2 Å². The van der Waals surface area contributed by atoms with Crippen LogP contribution in [0.5, 0.6) is 5.75 Å². The zero-order chi connectivity index (χ0) is 24.3. The number of primary amides is 1. The van der Waals surface area contributed by atoms with Crippen LogP contribution in [0.4, 0.5) is 0 Å². The van der Waals surface area contributed by atoms with Crippen molar-refractivity contribution >= 4 is 11.8 Å². The van der Waals surface area contributed by atoms with Crippen LogP contribution in [0.25, 0.3) is 0 Å². The Morgan fingerprint density at radius 2 is 1.59 bits per heavy atom. The van der Waals surface area contributed by atoms with E-state index >= 15 is 0 Å². The third-order valence-corrected chi connectivity index (χ3v) is 5.88. The van der Waals surface area contributed by atoms with Gasteiger partial charge in [0.1, 0.15) is 12.4 Å². The quantitative estimate of drug-likeness (QED) is 0.428. The van der Waals surface area contributed by atoms with Gasteiger partial charge in [0.2, 0.25) is 0 Å². The first kappa shape index (κ1) is 25.0. The highest BCUT2D eigenvalue weighted by molar-refractivity contribution is 5.95. The Balaban J connectivity index is 1.64. The monoisotopic (exact) mass is 459 g/mol. The van der Waals surface area contributed by atoms with Crippen LogP contribution in [0.1, 0.15) is 45.7 Å². The third-order valence-electron chi connectivity index (χ3n) is 5.88. The molecule has 0 radical (unpaired) electrons. The summed E-state index contributed by atoms with van der Waals surface area (Å²) >= 11 is 0. The Morgan fingerprint density at radius 3 is 2.29 bits per heavy atom. The van der Waals surface area contributed by atoms with Gasteiger partial charge in [-0.3, -0.25) is 14.5 Å². The average molecular weight is 460 g/mol. The van der Waals surface area contributed by atoms with Crippen LogP contribution in [-0.4, -0.2) is 42.4 Å². The van der Waals surface area contributed by atoms with Crippen molar-refractivity contribution in [1.82, 2.24) is 10.2 Å². The molecule has 1 atom stereocenters.